The van der Waals surface area contributed by atoms with E-state index in [0.29, 0.717) is 23.7 Å². The average molecular weight is 509 g/mol. The van der Waals surface area contributed by atoms with Gasteiger partial charge in [-0.1, -0.05) is 65.5 Å². The van der Waals surface area contributed by atoms with Crippen molar-refractivity contribution in [3.05, 3.63) is 29.9 Å². The number of aromatic amines is 1. The first-order valence-corrected chi connectivity index (χ1v) is 15.6. The maximum Gasteiger partial charge on any atom is 0.306 e. The van der Waals surface area contributed by atoms with E-state index in [2.05, 4.69) is 50.7 Å². The standard InChI is InChI=1S/C33H52N2O2/c1-22(2)7-6-8-23(3)28-12-13-29-27-11-9-24-19-26(37-31(36)14-10-25-20-34-21-35-25)15-17-32(24,4)30(27)16-18-33(28,29)5/h9,20-23,26-30H,6-8,10-19H2,1-5H3,(H,34,35)/t23-,26?,27?,28-,29+,30+,32+,33-/m1/s1. The van der Waals surface area contributed by atoms with Crippen LogP contribution in [-0.2, 0) is 16.0 Å². The maximum absolute atomic E-state index is 12.5. The molecule has 4 heteroatoms. The van der Waals surface area contributed by atoms with Crippen molar-refractivity contribution in [2.45, 2.75) is 124 Å². The van der Waals surface area contributed by atoms with Crippen LogP contribution in [-0.4, -0.2) is 22.0 Å². The number of H-pyrrole nitrogens is 1. The number of carbonyl (C=O) groups excluding carboxylic acids is 1. The Morgan fingerprint density at radius 3 is 2.70 bits per heavy atom. The molecule has 0 aliphatic heterocycles. The molecule has 0 saturated heterocycles. The summed E-state index contributed by atoms with van der Waals surface area (Å²) in [5, 5.41) is 0. The summed E-state index contributed by atoms with van der Waals surface area (Å²) < 4.78 is 5.98. The van der Waals surface area contributed by atoms with Crippen molar-refractivity contribution in [3.63, 3.8) is 0 Å². The van der Waals surface area contributed by atoms with Gasteiger partial charge in [0.15, 0.2) is 0 Å². The first kappa shape index (κ1) is 27.0. The van der Waals surface area contributed by atoms with Crippen molar-refractivity contribution in [1.82, 2.24) is 9.97 Å². The number of nitrogens with one attached hydrogen (secondary N) is 1. The summed E-state index contributed by atoms with van der Waals surface area (Å²) in [5.74, 6) is 5.13. The number of rotatable bonds is 9. The molecule has 0 aromatic carbocycles. The van der Waals surface area contributed by atoms with Gasteiger partial charge in [0.05, 0.1) is 12.7 Å². The number of nitrogens with zero attached hydrogens (tertiary/aromatic N) is 1. The van der Waals surface area contributed by atoms with E-state index in [9.17, 15) is 4.79 Å². The number of aromatic nitrogens is 2. The van der Waals surface area contributed by atoms with Crippen LogP contribution in [0.4, 0.5) is 0 Å². The van der Waals surface area contributed by atoms with Gasteiger partial charge in [0.2, 0.25) is 0 Å². The molecule has 2 unspecified atom stereocenters. The average Bonchev–Trinajstić information content (AvgIpc) is 3.50. The molecule has 206 valence electrons. The smallest absolute Gasteiger partial charge is 0.306 e. The van der Waals surface area contributed by atoms with Crippen LogP contribution in [0.15, 0.2) is 24.2 Å². The maximum atomic E-state index is 12.5. The molecule has 4 aliphatic rings. The van der Waals surface area contributed by atoms with Crippen molar-refractivity contribution in [2.24, 2.45) is 46.3 Å². The van der Waals surface area contributed by atoms with Gasteiger partial charge in [-0.3, -0.25) is 4.79 Å². The summed E-state index contributed by atoms with van der Waals surface area (Å²) in [6, 6.07) is 0. The molecule has 1 aromatic heterocycles. The van der Waals surface area contributed by atoms with Gasteiger partial charge < -0.3 is 9.72 Å². The fraction of sp³-hybridized carbons (Fsp3) is 0.818. The second-order valence-electron chi connectivity index (χ2n) is 14.2. The van der Waals surface area contributed by atoms with Crippen molar-refractivity contribution < 1.29 is 9.53 Å². The van der Waals surface area contributed by atoms with E-state index in [1.807, 2.05) is 0 Å². The van der Waals surface area contributed by atoms with Crippen molar-refractivity contribution >= 4 is 5.97 Å². The van der Waals surface area contributed by atoms with Gasteiger partial charge in [0, 0.05) is 18.3 Å². The van der Waals surface area contributed by atoms with Crippen LogP contribution in [0.3, 0.4) is 0 Å². The quantitative estimate of drug-likeness (QED) is 0.270. The number of fused-ring (bicyclic) bond motifs is 5. The predicted octanol–water partition coefficient (Wildman–Crippen LogP) is 8.30. The Hall–Kier alpha value is -1.58. The third-order valence-corrected chi connectivity index (χ3v) is 11.7. The van der Waals surface area contributed by atoms with Gasteiger partial charge in [-0.15, -0.1) is 0 Å². The van der Waals surface area contributed by atoms with Crippen molar-refractivity contribution in [1.29, 1.82) is 0 Å². The number of esters is 1. The Bertz CT molecular complexity index is 952. The minimum atomic E-state index is -0.0644. The van der Waals surface area contributed by atoms with Crippen LogP contribution >= 0.6 is 0 Å². The molecule has 5 rings (SSSR count). The highest BCUT2D eigenvalue weighted by molar-refractivity contribution is 5.69. The Labute approximate surface area is 225 Å². The molecule has 3 saturated carbocycles. The zero-order valence-corrected chi connectivity index (χ0v) is 24.2. The third-order valence-electron chi connectivity index (χ3n) is 11.7. The molecule has 3 fully saturated rings. The lowest BCUT2D eigenvalue weighted by atomic mass is 9.47. The summed E-state index contributed by atoms with van der Waals surface area (Å²) in [4.78, 5) is 19.7. The van der Waals surface area contributed by atoms with Crippen LogP contribution in [0.1, 0.15) is 117 Å². The highest BCUT2D eigenvalue weighted by Crippen LogP contribution is 2.67. The number of allylic oxidation sites excluding steroid dienone is 1. The largest absolute Gasteiger partial charge is 0.462 e. The monoisotopic (exact) mass is 508 g/mol. The van der Waals surface area contributed by atoms with E-state index in [0.717, 1.165) is 54.0 Å². The summed E-state index contributed by atoms with van der Waals surface area (Å²) in [7, 11) is 0. The summed E-state index contributed by atoms with van der Waals surface area (Å²) >= 11 is 0. The third kappa shape index (κ3) is 5.33. The minimum Gasteiger partial charge on any atom is -0.462 e. The number of carbonyl (C=O) groups is 1. The topological polar surface area (TPSA) is 55.0 Å². The minimum absolute atomic E-state index is 0.0570. The lowest BCUT2D eigenvalue weighted by Gasteiger charge is -2.58. The van der Waals surface area contributed by atoms with E-state index in [1.165, 1.54) is 57.8 Å². The second-order valence-corrected chi connectivity index (χ2v) is 14.2. The Balaban J connectivity index is 1.20. The lowest BCUT2D eigenvalue weighted by molar-refractivity contribution is -0.151. The van der Waals surface area contributed by atoms with Crippen LogP contribution in [0.25, 0.3) is 0 Å². The Kier molecular flexibility index (Phi) is 7.95. The number of hydrogen-bond donors (Lipinski definition) is 1. The molecule has 4 nitrogen and oxygen atoms in total. The predicted molar refractivity (Wildman–Crippen MR) is 150 cm³/mol. The number of ether oxygens (including phenoxy) is 1. The van der Waals surface area contributed by atoms with Gasteiger partial charge in [-0.25, -0.2) is 4.98 Å². The zero-order valence-electron chi connectivity index (χ0n) is 24.2. The van der Waals surface area contributed by atoms with Crippen LogP contribution in [0, 0.1) is 46.3 Å². The van der Waals surface area contributed by atoms with Gasteiger partial charge in [-0.2, -0.15) is 0 Å². The first-order valence-electron chi connectivity index (χ1n) is 15.6. The Morgan fingerprint density at radius 2 is 1.95 bits per heavy atom. The van der Waals surface area contributed by atoms with Gasteiger partial charge in [0.25, 0.3) is 0 Å². The molecule has 8 atom stereocenters. The summed E-state index contributed by atoms with van der Waals surface area (Å²) in [6.45, 7) is 12.6. The SMILES string of the molecule is CC(C)CCC[C@@H](C)[C@H]1CC[C@H]2C3CC=C4CC(OC(=O)CCc5cnc[nH]5)CC[C@]4(C)[C@H]3CC[C@]12C. The molecule has 0 bridgehead atoms. The summed E-state index contributed by atoms with van der Waals surface area (Å²) in [6.07, 6.45) is 21.6. The van der Waals surface area contributed by atoms with E-state index in [1.54, 1.807) is 18.1 Å². The highest BCUT2D eigenvalue weighted by Gasteiger charge is 2.59. The number of hydrogen-bond acceptors (Lipinski definition) is 3. The molecule has 0 radical (unpaired) electrons. The van der Waals surface area contributed by atoms with Crippen LogP contribution in [0.5, 0.6) is 0 Å². The van der Waals surface area contributed by atoms with Gasteiger partial charge >= 0.3 is 5.97 Å². The molecule has 1 heterocycles. The van der Waals surface area contributed by atoms with Crippen LogP contribution < -0.4 is 0 Å². The first-order chi connectivity index (χ1) is 17.7. The molecular weight excluding hydrogens is 456 g/mol. The molecular formula is C33H52N2O2. The molecule has 37 heavy (non-hydrogen) atoms. The molecule has 1 aromatic rings. The van der Waals surface area contributed by atoms with Crippen LogP contribution in [0.2, 0.25) is 0 Å². The van der Waals surface area contributed by atoms with E-state index >= 15 is 0 Å². The summed E-state index contributed by atoms with van der Waals surface area (Å²) in [5.41, 5.74) is 3.45. The number of imidazole rings is 1. The molecule has 1 N–H and O–H groups in total. The fourth-order valence-corrected chi connectivity index (χ4v) is 9.66. The van der Waals surface area contributed by atoms with Gasteiger partial charge in [0.1, 0.15) is 6.10 Å². The highest BCUT2D eigenvalue weighted by atomic mass is 16.5. The van der Waals surface area contributed by atoms with E-state index < -0.39 is 0 Å². The van der Waals surface area contributed by atoms with Crippen molar-refractivity contribution in [2.75, 3.05) is 0 Å². The molecule has 0 amide bonds. The Morgan fingerprint density at radius 1 is 1.11 bits per heavy atom. The zero-order chi connectivity index (χ0) is 26.2. The van der Waals surface area contributed by atoms with Crippen molar-refractivity contribution in [3.8, 4) is 0 Å². The fourth-order valence-electron chi connectivity index (χ4n) is 9.66. The van der Waals surface area contributed by atoms with Gasteiger partial charge in [-0.05, 0) is 97.7 Å². The van der Waals surface area contributed by atoms with E-state index in [4.69, 9.17) is 4.74 Å². The second kappa shape index (κ2) is 10.9. The lowest BCUT2D eigenvalue weighted by Crippen LogP contribution is -2.51. The molecule has 4 aliphatic carbocycles. The molecule has 0 spiro atoms. The normalized spacial score (nSPS) is 37.9. The number of aryl methyl sites for hydroxylation is 1. The van der Waals surface area contributed by atoms with E-state index in [-0.39, 0.29) is 12.1 Å².